The lowest BCUT2D eigenvalue weighted by molar-refractivity contribution is 0.473. The van der Waals surface area contributed by atoms with Crippen molar-refractivity contribution in [3.8, 4) is 39.5 Å². The largest absolute Gasteiger partial charge is 0.507 e. The number of nitrogens with zero attached hydrogens (tertiary/aromatic N) is 3. The molecule has 0 amide bonds. The van der Waals surface area contributed by atoms with E-state index in [1.54, 1.807) is 12.3 Å². The third-order valence-corrected chi connectivity index (χ3v) is 8.24. The number of aliphatic imine (C=N–C) groups is 1. The van der Waals surface area contributed by atoms with E-state index in [1.165, 1.54) is 0 Å². The van der Waals surface area contributed by atoms with Gasteiger partial charge in [0, 0.05) is 17.3 Å². The molecule has 5 nitrogen and oxygen atoms in total. The Kier molecular flexibility index (Phi) is 7.84. The summed E-state index contributed by atoms with van der Waals surface area (Å²) in [6.45, 7) is 20.3. The Bertz CT molecular complexity index is 2130. The van der Waals surface area contributed by atoms with Gasteiger partial charge in [0.05, 0.1) is 17.8 Å². The molecule has 0 saturated heterocycles. The molecule has 228 valence electrons. The highest BCUT2D eigenvalue weighted by Crippen LogP contribution is 2.39. The molecule has 0 saturated carbocycles. The first-order valence-corrected chi connectivity index (χ1v) is 15.4. The Balaban J connectivity index is 1.46. The van der Waals surface area contributed by atoms with Crippen molar-refractivity contribution < 1.29 is 9.52 Å². The smallest absolute Gasteiger partial charge is 0.229 e. The topological polar surface area (TPSA) is 63.0 Å². The zero-order valence-electron chi connectivity index (χ0n) is 27.1. The highest BCUT2D eigenvalue weighted by atomic mass is 16.3. The molecular formula is C41H37N3O2. The quantitative estimate of drug-likeness (QED) is 0.157. The fraction of sp³-hybridized carbons (Fsp3) is 0.195. The lowest BCUT2D eigenvalue weighted by atomic mass is 9.84. The summed E-state index contributed by atoms with van der Waals surface area (Å²) in [6.07, 6.45) is 1.70. The SMILES string of the molecule is [C-]#[N+]c1ccc(-c2cccc(-c3cc(C(C)(C)C)cc4oc(-c5ccccc5N=Cc5cc(C(C)(C)C)ccc5O)nc34)c2)cc1. The van der Waals surface area contributed by atoms with Gasteiger partial charge in [-0.25, -0.2) is 9.83 Å². The molecular weight excluding hydrogens is 566 g/mol. The van der Waals surface area contributed by atoms with E-state index in [-0.39, 0.29) is 16.6 Å². The lowest BCUT2D eigenvalue weighted by Crippen LogP contribution is -2.11. The molecule has 0 fully saturated rings. The van der Waals surface area contributed by atoms with Gasteiger partial charge in [0.25, 0.3) is 0 Å². The van der Waals surface area contributed by atoms with Crippen LogP contribution in [0.1, 0.15) is 58.2 Å². The molecule has 5 aromatic carbocycles. The Morgan fingerprint density at radius 2 is 1.43 bits per heavy atom. The highest BCUT2D eigenvalue weighted by molar-refractivity contribution is 5.95. The number of hydrogen-bond donors (Lipinski definition) is 1. The number of phenolic OH excluding ortho intramolecular Hbond substituents is 1. The van der Waals surface area contributed by atoms with Crippen molar-refractivity contribution >= 4 is 28.7 Å². The molecule has 1 N–H and O–H groups in total. The van der Waals surface area contributed by atoms with Crippen molar-refractivity contribution in [2.75, 3.05) is 0 Å². The molecule has 0 radical (unpaired) electrons. The van der Waals surface area contributed by atoms with Crippen LogP contribution >= 0.6 is 0 Å². The number of phenols is 1. The second-order valence-electron chi connectivity index (χ2n) is 13.7. The summed E-state index contributed by atoms with van der Waals surface area (Å²) < 4.78 is 6.51. The molecule has 0 atom stereocenters. The Labute approximate surface area is 270 Å². The van der Waals surface area contributed by atoms with Gasteiger partial charge in [0.1, 0.15) is 11.3 Å². The van der Waals surface area contributed by atoms with Crippen LogP contribution in [0.3, 0.4) is 0 Å². The minimum absolute atomic E-state index is 0.0570. The molecule has 6 rings (SSSR count). The summed E-state index contributed by atoms with van der Waals surface area (Å²) in [5, 5.41) is 10.6. The normalized spacial score (nSPS) is 12.1. The molecule has 1 heterocycles. The highest BCUT2D eigenvalue weighted by Gasteiger charge is 2.22. The van der Waals surface area contributed by atoms with Gasteiger partial charge in [-0.1, -0.05) is 102 Å². The first kappa shape index (κ1) is 30.6. The van der Waals surface area contributed by atoms with Crippen LogP contribution in [0.15, 0.2) is 113 Å². The van der Waals surface area contributed by atoms with Crippen molar-refractivity contribution in [2.45, 2.75) is 52.4 Å². The predicted molar refractivity (Wildman–Crippen MR) is 189 cm³/mol. The molecule has 0 aliphatic heterocycles. The standard InChI is InChI=1S/C41H37N3O2/c1-40(2,3)30-17-20-36(45)29(22-30)25-43-35-14-9-8-13-33(35)39-44-38-34(23-31(41(4,5)6)24-37(38)46-39)28-12-10-11-27(21-28)26-15-18-32(42-7)19-16-26/h8-25,45H,1-6H3. The van der Waals surface area contributed by atoms with Crippen LogP contribution in [0.25, 0.3) is 49.7 Å². The molecule has 5 heteroatoms. The van der Waals surface area contributed by atoms with Gasteiger partial charge in [-0.05, 0) is 81.1 Å². The molecule has 0 unspecified atom stereocenters. The fourth-order valence-corrected chi connectivity index (χ4v) is 5.42. The maximum absolute atomic E-state index is 10.6. The van der Waals surface area contributed by atoms with Crippen molar-refractivity contribution in [1.29, 1.82) is 0 Å². The third kappa shape index (κ3) is 6.20. The molecule has 6 aromatic rings. The summed E-state index contributed by atoms with van der Waals surface area (Å²) in [5.74, 6) is 0.661. The van der Waals surface area contributed by atoms with Gasteiger partial charge in [-0.2, -0.15) is 0 Å². The zero-order chi connectivity index (χ0) is 32.6. The van der Waals surface area contributed by atoms with Crippen molar-refractivity contribution in [1.82, 2.24) is 4.98 Å². The third-order valence-electron chi connectivity index (χ3n) is 8.24. The summed E-state index contributed by atoms with van der Waals surface area (Å²) in [5.41, 5.74) is 10.4. The number of para-hydroxylation sites is 1. The zero-order valence-corrected chi connectivity index (χ0v) is 27.1. The fourth-order valence-electron chi connectivity index (χ4n) is 5.42. The van der Waals surface area contributed by atoms with E-state index in [0.717, 1.165) is 44.5 Å². The van der Waals surface area contributed by atoms with Crippen LogP contribution < -0.4 is 0 Å². The molecule has 0 bridgehead atoms. The van der Waals surface area contributed by atoms with Crippen molar-refractivity contribution in [2.24, 2.45) is 4.99 Å². The average molecular weight is 604 g/mol. The maximum Gasteiger partial charge on any atom is 0.229 e. The predicted octanol–water partition coefficient (Wildman–Crippen LogP) is 11.4. The summed E-state index contributed by atoms with van der Waals surface area (Å²) in [7, 11) is 0. The van der Waals surface area contributed by atoms with E-state index in [2.05, 4.69) is 82.8 Å². The van der Waals surface area contributed by atoms with Crippen LogP contribution in [0.2, 0.25) is 0 Å². The van der Waals surface area contributed by atoms with E-state index in [9.17, 15) is 5.11 Å². The molecule has 46 heavy (non-hydrogen) atoms. The monoisotopic (exact) mass is 603 g/mol. The van der Waals surface area contributed by atoms with Gasteiger partial charge in [0.2, 0.25) is 5.89 Å². The Morgan fingerprint density at radius 3 is 2.15 bits per heavy atom. The van der Waals surface area contributed by atoms with Crippen LogP contribution in [-0.4, -0.2) is 16.3 Å². The molecule has 0 aliphatic carbocycles. The van der Waals surface area contributed by atoms with E-state index < -0.39 is 0 Å². The second-order valence-corrected chi connectivity index (χ2v) is 13.7. The Morgan fingerprint density at radius 1 is 0.717 bits per heavy atom. The van der Waals surface area contributed by atoms with Gasteiger partial charge >= 0.3 is 0 Å². The maximum atomic E-state index is 10.6. The molecule has 1 aromatic heterocycles. The van der Waals surface area contributed by atoms with Gasteiger partial charge in [0.15, 0.2) is 11.3 Å². The number of rotatable bonds is 5. The van der Waals surface area contributed by atoms with E-state index >= 15 is 0 Å². The van der Waals surface area contributed by atoms with Crippen molar-refractivity contribution in [3.05, 3.63) is 131 Å². The summed E-state index contributed by atoms with van der Waals surface area (Å²) >= 11 is 0. The van der Waals surface area contributed by atoms with Gasteiger partial charge in [-0.15, -0.1) is 0 Å². The van der Waals surface area contributed by atoms with E-state index in [1.807, 2.05) is 60.7 Å². The average Bonchev–Trinajstić information content (AvgIpc) is 3.47. The lowest BCUT2D eigenvalue weighted by Gasteiger charge is -2.20. The van der Waals surface area contributed by atoms with Crippen LogP contribution in [0, 0.1) is 6.57 Å². The molecule has 0 aliphatic rings. The minimum Gasteiger partial charge on any atom is -0.507 e. The number of benzene rings is 5. The van der Waals surface area contributed by atoms with Crippen LogP contribution in [0.5, 0.6) is 5.75 Å². The van der Waals surface area contributed by atoms with E-state index in [4.69, 9.17) is 21.0 Å². The Hall–Kier alpha value is -5.47. The van der Waals surface area contributed by atoms with Crippen LogP contribution in [0.4, 0.5) is 11.4 Å². The van der Waals surface area contributed by atoms with Crippen molar-refractivity contribution in [3.63, 3.8) is 0 Å². The van der Waals surface area contributed by atoms with E-state index in [0.29, 0.717) is 28.4 Å². The minimum atomic E-state index is -0.116. The summed E-state index contributed by atoms with van der Waals surface area (Å²) in [4.78, 5) is 13.4. The van der Waals surface area contributed by atoms with Gasteiger partial charge in [-0.3, -0.25) is 4.99 Å². The summed E-state index contributed by atoms with van der Waals surface area (Å²) in [6, 6.07) is 33.8. The first-order valence-electron chi connectivity index (χ1n) is 15.4. The second kappa shape index (κ2) is 11.8. The number of fused-ring (bicyclic) bond motifs is 1. The van der Waals surface area contributed by atoms with Gasteiger partial charge < -0.3 is 9.52 Å². The number of aromatic nitrogens is 1. The van der Waals surface area contributed by atoms with Crippen LogP contribution in [-0.2, 0) is 10.8 Å². The first-order chi connectivity index (χ1) is 21.9. The number of aromatic hydroxyl groups is 1. The number of oxazole rings is 1. The molecule has 0 spiro atoms. The number of hydrogen-bond acceptors (Lipinski definition) is 4.